The molecule has 0 radical (unpaired) electrons. The summed E-state index contributed by atoms with van der Waals surface area (Å²) < 4.78 is 5.08. The SMILES string of the molecule is COCCC(C)(C)CNC(=O)c1sc2nnccc2c1N. The van der Waals surface area contributed by atoms with Gasteiger partial charge in [-0.25, -0.2) is 0 Å². The first kappa shape index (κ1) is 15.7. The van der Waals surface area contributed by atoms with Crippen LogP contribution in [0, 0.1) is 5.41 Å². The Balaban J connectivity index is 2.07. The van der Waals surface area contributed by atoms with Gasteiger partial charge in [0.05, 0.1) is 11.9 Å². The standard InChI is InChI=1S/C14H20N4O2S/c1-14(2,5-7-20-3)8-16-12(19)11-10(15)9-4-6-17-18-13(9)21-11/h4,6H,5,7-8,15H2,1-3H3,(H,16,19). The van der Waals surface area contributed by atoms with Gasteiger partial charge in [0.1, 0.15) is 9.71 Å². The molecule has 0 aliphatic carbocycles. The minimum atomic E-state index is -0.166. The molecule has 0 aromatic carbocycles. The molecule has 0 fully saturated rings. The Kier molecular flexibility index (Phi) is 4.74. The molecule has 0 atom stereocenters. The van der Waals surface area contributed by atoms with Crippen molar-refractivity contribution in [2.24, 2.45) is 5.41 Å². The van der Waals surface area contributed by atoms with E-state index in [1.807, 2.05) is 0 Å². The number of anilines is 1. The van der Waals surface area contributed by atoms with Crippen molar-refractivity contribution in [1.29, 1.82) is 0 Å². The minimum Gasteiger partial charge on any atom is -0.397 e. The quantitative estimate of drug-likeness (QED) is 0.852. The summed E-state index contributed by atoms with van der Waals surface area (Å²) in [4.78, 5) is 13.5. The smallest absolute Gasteiger partial charge is 0.263 e. The first-order chi connectivity index (χ1) is 9.94. The van der Waals surface area contributed by atoms with Gasteiger partial charge in [0.25, 0.3) is 5.91 Å². The topological polar surface area (TPSA) is 90.1 Å². The predicted octanol–water partition coefficient (Wildman–Crippen LogP) is 2.07. The number of hydrogen-bond acceptors (Lipinski definition) is 6. The lowest BCUT2D eigenvalue weighted by Crippen LogP contribution is -2.34. The average molecular weight is 308 g/mol. The Bertz CT molecular complexity index is 639. The fraction of sp³-hybridized carbons (Fsp3) is 0.500. The lowest BCUT2D eigenvalue weighted by molar-refractivity contribution is 0.0926. The first-order valence-corrected chi connectivity index (χ1v) is 7.53. The summed E-state index contributed by atoms with van der Waals surface area (Å²) >= 11 is 1.27. The zero-order chi connectivity index (χ0) is 15.5. The largest absolute Gasteiger partial charge is 0.397 e. The van der Waals surface area contributed by atoms with Crippen LogP contribution in [0.1, 0.15) is 29.9 Å². The highest BCUT2D eigenvalue weighted by molar-refractivity contribution is 7.21. The van der Waals surface area contributed by atoms with Gasteiger partial charge in [0.15, 0.2) is 0 Å². The van der Waals surface area contributed by atoms with Gasteiger partial charge in [-0.3, -0.25) is 4.79 Å². The van der Waals surface area contributed by atoms with Crippen molar-refractivity contribution in [3.8, 4) is 0 Å². The lowest BCUT2D eigenvalue weighted by Gasteiger charge is -2.24. The van der Waals surface area contributed by atoms with Gasteiger partial charge in [-0.2, -0.15) is 5.10 Å². The molecule has 0 spiro atoms. The summed E-state index contributed by atoms with van der Waals surface area (Å²) in [5.41, 5.74) is 6.46. The van der Waals surface area contributed by atoms with Crippen LogP contribution in [0.4, 0.5) is 5.69 Å². The van der Waals surface area contributed by atoms with Crippen LogP contribution in [0.15, 0.2) is 12.3 Å². The Morgan fingerprint density at radius 1 is 1.52 bits per heavy atom. The molecule has 6 nitrogen and oxygen atoms in total. The summed E-state index contributed by atoms with van der Waals surface area (Å²) in [6, 6.07) is 1.77. The van der Waals surface area contributed by atoms with E-state index in [2.05, 4.69) is 29.4 Å². The molecule has 2 aromatic rings. The van der Waals surface area contributed by atoms with Crippen molar-refractivity contribution in [3.63, 3.8) is 0 Å². The third-order valence-electron chi connectivity index (χ3n) is 3.34. The zero-order valence-corrected chi connectivity index (χ0v) is 13.3. The fourth-order valence-corrected chi connectivity index (χ4v) is 2.86. The third-order valence-corrected chi connectivity index (χ3v) is 4.44. The molecule has 114 valence electrons. The number of rotatable bonds is 6. The van der Waals surface area contributed by atoms with Crippen LogP contribution in [0.5, 0.6) is 0 Å². The second-order valence-electron chi connectivity index (χ2n) is 5.68. The summed E-state index contributed by atoms with van der Waals surface area (Å²) in [5.74, 6) is -0.166. The highest BCUT2D eigenvalue weighted by Gasteiger charge is 2.22. The van der Waals surface area contributed by atoms with Gasteiger partial charge in [-0.1, -0.05) is 13.8 Å². The minimum absolute atomic E-state index is 0.0308. The van der Waals surface area contributed by atoms with Crippen LogP contribution in [0.3, 0.4) is 0 Å². The first-order valence-electron chi connectivity index (χ1n) is 6.71. The Hall–Kier alpha value is -1.73. The molecule has 2 rings (SSSR count). The molecular formula is C14H20N4O2S. The second kappa shape index (κ2) is 6.36. The predicted molar refractivity (Wildman–Crippen MR) is 84.4 cm³/mol. The van der Waals surface area contributed by atoms with Gasteiger partial charge < -0.3 is 15.8 Å². The van der Waals surface area contributed by atoms with Crippen molar-refractivity contribution >= 4 is 33.1 Å². The van der Waals surface area contributed by atoms with Gasteiger partial charge >= 0.3 is 0 Å². The van der Waals surface area contributed by atoms with Gasteiger partial charge in [-0.05, 0) is 17.9 Å². The second-order valence-corrected chi connectivity index (χ2v) is 6.68. The highest BCUT2D eigenvalue weighted by atomic mass is 32.1. The normalized spacial score (nSPS) is 11.8. The summed E-state index contributed by atoms with van der Waals surface area (Å²) in [6.07, 6.45) is 2.44. The van der Waals surface area contributed by atoms with Crippen molar-refractivity contribution < 1.29 is 9.53 Å². The van der Waals surface area contributed by atoms with Gasteiger partial charge in [-0.15, -0.1) is 16.4 Å². The number of ether oxygens (including phenoxy) is 1. The van der Waals surface area contributed by atoms with E-state index in [1.165, 1.54) is 11.3 Å². The van der Waals surface area contributed by atoms with E-state index in [1.54, 1.807) is 19.4 Å². The van der Waals surface area contributed by atoms with Crippen molar-refractivity contribution in [1.82, 2.24) is 15.5 Å². The monoisotopic (exact) mass is 308 g/mol. The maximum absolute atomic E-state index is 12.3. The number of carbonyl (C=O) groups excluding carboxylic acids is 1. The van der Waals surface area contributed by atoms with E-state index >= 15 is 0 Å². The van der Waals surface area contributed by atoms with Crippen LogP contribution < -0.4 is 11.1 Å². The molecule has 0 aliphatic rings. The lowest BCUT2D eigenvalue weighted by atomic mass is 9.90. The number of nitrogen functional groups attached to an aromatic ring is 1. The van der Waals surface area contributed by atoms with E-state index in [-0.39, 0.29) is 11.3 Å². The van der Waals surface area contributed by atoms with E-state index in [0.717, 1.165) is 11.8 Å². The van der Waals surface area contributed by atoms with Crippen LogP contribution in [-0.4, -0.2) is 36.4 Å². The maximum atomic E-state index is 12.3. The molecule has 0 aliphatic heterocycles. The Morgan fingerprint density at radius 3 is 2.95 bits per heavy atom. The van der Waals surface area contributed by atoms with Crippen LogP contribution >= 0.6 is 11.3 Å². The van der Waals surface area contributed by atoms with Gasteiger partial charge in [0.2, 0.25) is 0 Å². The zero-order valence-electron chi connectivity index (χ0n) is 12.5. The third kappa shape index (κ3) is 3.68. The van der Waals surface area contributed by atoms with Crippen LogP contribution in [-0.2, 0) is 4.74 Å². The molecule has 21 heavy (non-hydrogen) atoms. The molecule has 0 unspecified atom stereocenters. The summed E-state index contributed by atoms with van der Waals surface area (Å²) in [7, 11) is 1.67. The Morgan fingerprint density at radius 2 is 2.29 bits per heavy atom. The van der Waals surface area contributed by atoms with E-state index in [4.69, 9.17) is 10.5 Å². The van der Waals surface area contributed by atoms with Crippen molar-refractivity contribution in [2.45, 2.75) is 20.3 Å². The molecule has 3 N–H and O–H groups in total. The number of nitrogens with zero attached hydrogens (tertiary/aromatic N) is 2. The van der Waals surface area contributed by atoms with E-state index in [9.17, 15) is 4.79 Å². The maximum Gasteiger partial charge on any atom is 0.263 e. The van der Waals surface area contributed by atoms with E-state index in [0.29, 0.717) is 28.5 Å². The summed E-state index contributed by atoms with van der Waals surface area (Å²) in [5, 5.41) is 11.5. The number of thiophene rings is 1. The number of carbonyl (C=O) groups is 1. The molecule has 2 heterocycles. The average Bonchev–Trinajstić information content (AvgIpc) is 2.81. The number of hydrogen-bond donors (Lipinski definition) is 2. The molecule has 0 saturated carbocycles. The molecule has 0 bridgehead atoms. The number of amides is 1. The van der Waals surface area contributed by atoms with E-state index < -0.39 is 0 Å². The van der Waals surface area contributed by atoms with Crippen LogP contribution in [0.25, 0.3) is 10.2 Å². The number of methoxy groups -OCH3 is 1. The Labute approximate surface area is 127 Å². The molecule has 1 amide bonds. The van der Waals surface area contributed by atoms with Gasteiger partial charge in [0, 0.05) is 25.6 Å². The number of fused-ring (bicyclic) bond motifs is 1. The highest BCUT2D eigenvalue weighted by Crippen LogP contribution is 2.31. The fourth-order valence-electron chi connectivity index (χ4n) is 1.91. The number of nitrogens with one attached hydrogen (secondary N) is 1. The van der Waals surface area contributed by atoms with Crippen LogP contribution in [0.2, 0.25) is 0 Å². The molecule has 0 saturated heterocycles. The van der Waals surface area contributed by atoms with Crippen molar-refractivity contribution in [3.05, 3.63) is 17.1 Å². The molecule has 7 heteroatoms. The number of aromatic nitrogens is 2. The number of nitrogens with two attached hydrogens (primary N) is 1. The summed E-state index contributed by atoms with van der Waals surface area (Å²) in [6.45, 7) is 5.41. The molecule has 2 aromatic heterocycles. The van der Waals surface area contributed by atoms with Crippen molar-refractivity contribution in [2.75, 3.05) is 26.0 Å². The molecular weight excluding hydrogens is 288 g/mol.